The Morgan fingerprint density at radius 1 is 1.29 bits per heavy atom. The summed E-state index contributed by atoms with van der Waals surface area (Å²) in [7, 11) is 0. The van der Waals surface area contributed by atoms with Crippen molar-refractivity contribution in [2.45, 2.75) is 32.8 Å². The average molecular weight is 275 g/mol. The van der Waals surface area contributed by atoms with Gasteiger partial charge in [0.1, 0.15) is 6.10 Å². The molecule has 2 nitrogen and oxygen atoms in total. The molecule has 1 unspecified atom stereocenters. The highest BCUT2D eigenvalue weighted by molar-refractivity contribution is 6.42. The maximum absolute atomic E-state index is 11.8. The molecule has 0 saturated carbocycles. The Balaban J connectivity index is 2.95. The van der Waals surface area contributed by atoms with Gasteiger partial charge in [-0.15, -0.1) is 0 Å². The van der Waals surface area contributed by atoms with Gasteiger partial charge in [-0.25, -0.2) is 0 Å². The van der Waals surface area contributed by atoms with Crippen LogP contribution < -0.4 is 0 Å². The van der Waals surface area contributed by atoms with E-state index < -0.39 is 6.10 Å². The standard InChI is InChI=1S/C13H16Cl2O2/c1-3-7-17-13(12(16)4-2)9-5-6-10(14)11(15)8-9/h5-6,8,13H,3-4,7H2,1-2H3. The van der Waals surface area contributed by atoms with E-state index in [-0.39, 0.29) is 5.78 Å². The minimum atomic E-state index is -0.533. The van der Waals surface area contributed by atoms with Crippen LogP contribution in [0.25, 0.3) is 0 Å². The van der Waals surface area contributed by atoms with Crippen LogP contribution in [0.5, 0.6) is 0 Å². The highest BCUT2D eigenvalue weighted by atomic mass is 35.5. The first-order valence-corrected chi connectivity index (χ1v) is 6.45. The lowest BCUT2D eigenvalue weighted by Gasteiger charge is -2.16. The van der Waals surface area contributed by atoms with Gasteiger partial charge in [-0.05, 0) is 24.1 Å². The number of carbonyl (C=O) groups is 1. The van der Waals surface area contributed by atoms with Gasteiger partial charge in [0.2, 0.25) is 0 Å². The first-order valence-electron chi connectivity index (χ1n) is 5.69. The predicted molar refractivity (Wildman–Crippen MR) is 70.7 cm³/mol. The Bertz CT molecular complexity index is 391. The van der Waals surface area contributed by atoms with Gasteiger partial charge in [-0.3, -0.25) is 4.79 Å². The zero-order valence-corrected chi connectivity index (χ0v) is 11.5. The first-order chi connectivity index (χ1) is 8.10. The smallest absolute Gasteiger partial charge is 0.165 e. The fourth-order valence-electron chi connectivity index (χ4n) is 1.47. The van der Waals surface area contributed by atoms with Gasteiger partial charge >= 0.3 is 0 Å². The molecule has 0 aromatic heterocycles. The number of ether oxygens (including phenoxy) is 1. The average Bonchev–Trinajstić information content (AvgIpc) is 2.33. The van der Waals surface area contributed by atoms with Crippen LogP contribution in [-0.4, -0.2) is 12.4 Å². The van der Waals surface area contributed by atoms with Crippen molar-refractivity contribution in [2.24, 2.45) is 0 Å². The highest BCUT2D eigenvalue weighted by Gasteiger charge is 2.20. The third-order valence-corrected chi connectivity index (χ3v) is 3.11. The third kappa shape index (κ3) is 3.98. The van der Waals surface area contributed by atoms with E-state index in [1.807, 2.05) is 13.8 Å². The van der Waals surface area contributed by atoms with E-state index in [1.54, 1.807) is 18.2 Å². The quantitative estimate of drug-likeness (QED) is 0.767. The molecule has 94 valence electrons. The Labute approximate surface area is 112 Å². The highest BCUT2D eigenvalue weighted by Crippen LogP contribution is 2.28. The van der Waals surface area contributed by atoms with Gasteiger partial charge in [-0.1, -0.05) is 43.1 Å². The summed E-state index contributed by atoms with van der Waals surface area (Å²) in [5.41, 5.74) is 0.764. The van der Waals surface area contributed by atoms with Crippen molar-refractivity contribution in [3.05, 3.63) is 33.8 Å². The Kier molecular flexibility index (Phi) is 5.96. The molecule has 0 heterocycles. The fraction of sp³-hybridized carbons (Fsp3) is 0.462. The van der Waals surface area contributed by atoms with Crippen molar-refractivity contribution >= 4 is 29.0 Å². The molecule has 1 aromatic carbocycles. The zero-order valence-electron chi connectivity index (χ0n) is 10.0. The van der Waals surface area contributed by atoms with E-state index in [1.165, 1.54) is 0 Å². The van der Waals surface area contributed by atoms with Crippen molar-refractivity contribution in [1.29, 1.82) is 0 Å². The second-order valence-electron chi connectivity index (χ2n) is 3.74. The number of Topliss-reactive ketones (excluding diaryl/α,β-unsaturated/α-hetero) is 1. The minimum Gasteiger partial charge on any atom is -0.366 e. The Morgan fingerprint density at radius 2 is 2.00 bits per heavy atom. The summed E-state index contributed by atoms with van der Waals surface area (Å²) in [5.74, 6) is 0.0526. The summed E-state index contributed by atoms with van der Waals surface area (Å²) in [6, 6.07) is 5.16. The lowest BCUT2D eigenvalue weighted by Crippen LogP contribution is -2.15. The van der Waals surface area contributed by atoms with E-state index in [2.05, 4.69) is 0 Å². The fourth-order valence-corrected chi connectivity index (χ4v) is 1.78. The van der Waals surface area contributed by atoms with Crippen molar-refractivity contribution < 1.29 is 9.53 Å². The van der Waals surface area contributed by atoms with Crippen LogP contribution in [0.4, 0.5) is 0 Å². The molecule has 1 rings (SSSR count). The lowest BCUT2D eigenvalue weighted by molar-refractivity contribution is -0.130. The number of halogens is 2. The topological polar surface area (TPSA) is 26.3 Å². The molecule has 0 bridgehead atoms. The number of rotatable bonds is 6. The van der Waals surface area contributed by atoms with E-state index in [4.69, 9.17) is 27.9 Å². The molecule has 0 spiro atoms. The predicted octanol–water partition coefficient (Wildman–Crippen LogP) is 4.44. The van der Waals surface area contributed by atoms with Crippen molar-refractivity contribution in [3.63, 3.8) is 0 Å². The molecule has 17 heavy (non-hydrogen) atoms. The molecule has 0 aliphatic carbocycles. The van der Waals surface area contributed by atoms with Gasteiger partial charge in [-0.2, -0.15) is 0 Å². The molecule has 1 atom stereocenters. The third-order valence-electron chi connectivity index (χ3n) is 2.38. The van der Waals surface area contributed by atoms with Crippen LogP contribution in [0, 0.1) is 0 Å². The molecule has 4 heteroatoms. The molecule has 0 N–H and O–H groups in total. The number of hydrogen-bond acceptors (Lipinski definition) is 2. The normalized spacial score (nSPS) is 12.5. The molecule has 0 saturated heterocycles. The SMILES string of the molecule is CCCOC(C(=O)CC)c1ccc(Cl)c(Cl)c1. The van der Waals surface area contributed by atoms with Gasteiger partial charge < -0.3 is 4.74 Å². The molecular formula is C13H16Cl2O2. The Hall–Kier alpha value is -0.570. The van der Waals surface area contributed by atoms with E-state index >= 15 is 0 Å². The molecule has 1 aromatic rings. The van der Waals surface area contributed by atoms with Crippen molar-refractivity contribution in [1.82, 2.24) is 0 Å². The molecular weight excluding hydrogens is 259 g/mol. The summed E-state index contributed by atoms with van der Waals surface area (Å²) >= 11 is 11.8. The lowest BCUT2D eigenvalue weighted by atomic mass is 10.0. The monoisotopic (exact) mass is 274 g/mol. The second kappa shape index (κ2) is 7.00. The van der Waals surface area contributed by atoms with E-state index in [9.17, 15) is 4.79 Å². The first kappa shape index (κ1) is 14.5. The maximum atomic E-state index is 11.8. The number of benzene rings is 1. The van der Waals surface area contributed by atoms with Crippen LogP contribution in [0.1, 0.15) is 38.4 Å². The minimum absolute atomic E-state index is 0.0526. The van der Waals surface area contributed by atoms with E-state index in [0.29, 0.717) is 23.1 Å². The van der Waals surface area contributed by atoms with Gasteiger partial charge in [0, 0.05) is 13.0 Å². The number of ketones is 1. The molecule has 0 aliphatic heterocycles. The summed E-state index contributed by atoms with van der Waals surface area (Å²) in [5, 5.41) is 0.923. The van der Waals surface area contributed by atoms with Crippen LogP contribution in [0.15, 0.2) is 18.2 Å². The van der Waals surface area contributed by atoms with E-state index in [0.717, 1.165) is 12.0 Å². The largest absolute Gasteiger partial charge is 0.366 e. The number of carbonyl (C=O) groups excluding carboxylic acids is 1. The molecule has 0 radical (unpaired) electrons. The maximum Gasteiger partial charge on any atom is 0.165 e. The molecule has 0 aliphatic rings. The van der Waals surface area contributed by atoms with Crippen molar-refractivity contribution in [2.75, 3.05) is 6.61 Å². The van der Waals surface area contributed by atoms with Crippen LogP contribution in [0.2, 0.25) is 10.0 Å². The Morgan fingerprint density at radius 3 is 2.53 bits per heavy atom. The summed E-state index contributed by atoms with van der Waals surface area (Å²) in [6.45, 7) is 4.38. The van der Waals surface area contributed by atoms with Crippen LogP contribution >= 0.6 is 23.2 Å². The van der Waals surface area contributed by atoms with Gasteiger partial charge in [0.25, 0.3) is 0 Å². The molecule has 0 amide bonds. The zero-order chi connectivity index (χ0) is 12.8. The van der Waals surface area contributed by atoms with Crippen LogP contribution in [-0.2, 0) is 9.53 Å². The summed E-state index contributed by atoms with van der Waals surface area (Å²) in [4.78, 5) is 11.8. The van der Waals surface area contributed by atoms with Crippen molar-refractivity contribution in [3.8, 4) is 0 Å². The van der Waals surface area contributed by atoms with Gasteiger partial charge in [0.15, 0.2) is 5.78 Å². The van der Waals surface area contributed by atoms with Gasteiger partial charge in [0.05, 0.1) is 10.0 Å². The summed E-state index contributed by atoms with van der Waals surface area (Å²) < 4.78 is 5.57. The second-order valence-corrected chi connectivity index (χ2v) is 4.56. The van der Waals surface area contributed by atoms with Crippen LogP contribution in [0.3, 0.4) is 0 Å². The number of hydrogen-bond donors (Lipinski definition) is 0. The molecule has 0 fully saturated rings. The summed E-state index contributed by atoms with van der Waals surface area (Å²) in [6.07, 6.45) is 0.776.